The normalized spacial score (nSPS) is 16.0. The first-order valence-corrected chi connectivity index (χ1v) is 11.4. The fourth-order valence-electron chi connectivity index (χ4n) is 3.62. The molecule has 0 N–H and O–H groups in total. The molecule has 156 valence electrons. The largest absolute Gasteiger partial charge is 0.341 e. The monoisotopic (exact) mass is 418 g/mol. The number of nitrogens with zero attached hydrogens (tertiary/aromatic N) is 2. The number of carbonyl (C=O) groups excluding carboxylic acids is 1. The van der Waals surface area contributed by atoms with Gasteiger partial charge in [0, 0.05) is 32.6 Å². The smallest absolute Gasteiger partial charge is 0.225 e. The first kappa shape index (κ1) is 21.5. The topological polar surface area (TPSA) is 57.7 Å². The van der Waals surface area contributed by atoms with Gasteiger partial charge in [0.1, 0.15) is 5.82 Å². The molecule has 0 spiro atoms. The standard InChI is InChI=1S/C22H27FN2O3S/c1-17-3-5-18(6-4-17)15-24(2)22(26)20-11-13-25(14-12-20)29(27,28)16-19-7-9-21(23)10-8-19/h3-10,20H,11-16H2,1-2H3. The Balaban J connectivity index is 1.54. The van der Waals surface area contributed by atoms with Crippen LogP contribution in [0.15, 0.2) is 48.5 Å². The summed E-state index contributed by atoms with van der Waals surface area (Å²) in [7, 11) is -1.69. The third-order valence-corrected chi connectivity index (χ3v) is 7.23. The minimum atomic E-state index is -3.49. The highest BCUT2D eigenvalue weighted by molar-refractivity contribution is 7.88. The Morgan fingerprint density at radius 2 is 1.59 bits per heavy atom. The molecule has 0 bridgehead atoms. The Labute approximate surface area is 172 Å². The van der Waals surface area contributed by atoms with E-state index < -0.39 is 10.0 Å². The zero-order valence-corrected chi connectivity index (χ0v) is 17.7. The molecular formula is C22H27FN2O3S. The molecule has 3 rings (SSSR count). The molecule has 5 nitrogen and oxygen atoms in total. The first-order valence-electron chi connectivity index (χ1n) is 9.77. The van der Waals surface area contributed by atoms with Crippen LogP contribution in [0.25, 0.3) is 0 Å². The van der Waals surface area contributed by atoms with E-state index in [0.29, 0.717) is 38.0 Å². The van der Waals surface area contributed by atoms with E-state index in [0.717, 1.165) is 5.56 Å². The molecule has 2 aromatic rings. The van der Waals surface area contributed by atoms with Crippen LogP contribution in [0.2, 0.25) is 0 Å². The highest BCUT2D eigenvalue weighted by Gasteiger charge is 2.32. The van der Waals surface area contributed by atoms with Crippen molar-refractivity contribution in [1.82, 2.24) is 9.21 Å². The van der Waals surface area contributed by atoms with Gasteiger partial charge in [-0.05, 0) is 43.0 Å². The second kappa shape index (κ2) is 9.05. The Hall–Kier alpha value is -2.25. The fraction of sp³-hybridized carbons (Fsp3) is 0.409. The lowest BCUT2D eigenvalue weighted by molar-refractivity contribution is -0.135. The van der Waals surface area contributed by atoms with Gasteiger partial charge in [0.2, 0.25) is 15.9 Å². The minimum absolute atomic E-state index is 0.0566. The van der Waals surface area contributed by atoms with E-state index in [1.807, 2.05) is 31.2 Å². The third-order valence-electron chi connectivity index (χ3n) is 5.38. The number of hydrogen-bond donors (Lipinski definition) is 0. The van der Waals surface area contributed by atoms with Crippen molar-refractivity contribution in [1.29, 1.82) is 0 Å². The van der Waals surface area contributed by atoms with Crippen molar-refractivity contribution < 1.29 is 17.6 Å². The Morgan fingerprint density at radius 3 is 2.17 bits per heavy atom. The molecule has 1 aliphatic rings. The van der Waals surface area contributed by atoms with Crippen LogP contribution >= 0.6 is 0 Å². The highest BCUT2D eigenvalue weighted by atomic mass is 32.2. The molecule has 1 heterocycles. The summed E-state index contributed by atoms with van der Waals surface area (Å²) in [4.78, 5) is 14.5. The number of rotatable bonds is 6. The summed E-state index contributed by atoms with van der Waals surface area (Å²) in [6.45, 7) is 3.23. The van der Waals surface area contributed by atoms with E-state index in [4.69, 9.17) is 0 Å². The van der Waals surface area contributed by atoms with Gasteiger partial charge >= 0.3 is 0 Å². The van der Waals surface area contributed by atoms with Gasteiger partial charge in [0.15, 0.2) is 0 Å². The van der Waals surface area contributed by atoms with Crippen molar-refractivity contribution in [2.75, 3.05) is 20.1 Å². The molecule has 0 unspecified atom stereocenters. The molecule has 1 fully saturated rings. The Kier molecular flexibility index (Phi) is 6.70. The maximum atomic E-state index is 13.0. The van der Waals surface area contributed by atoms with Crippen LogP contribution in [0.5, 0.6) is 0 Å². The minimum Gasteiger partial charge on any atom is -0.341 e. The number of carbonyl (C=O) groups is 1. The van der Waals surface area contributed by atoms with Crippen molar-refractivity contribution in [2.45, 2.75) is 32.1 Å². The predicted molar refractivity (Wildman–Crippen MR) is 111 cm³/mol. The maximum absolute atomic E-state index is 13.0. The molecule has 0 atom stereocenters. The van der Waals surface area contributed by atoms with Crippen molar-refractivity contribution in [3.8, 4) is 0 Å². The lowest BCUT2D eigenvalue weighted by Crippen LogP contribution is -2.43. The summed E-state index contributed by atoms with van der Waals surface area (Å²) in [5.41, 5.74) is 2.81. The van der Waals surface area contributed by atoms with E-state index in [1.54, 1.807) is 11.9 Å². The van der Waals surface area contributed by atoms with Crippen molar-refractivity contribution >= 4 is 15.9 Å². The number of aryl methyl sites for hydroxylation is 1. The van der Waals surface area contributed by atoms with E-state index >= 15 is 0 Å². The molecule has 0 aliphatic carbocycles. The van der Waals surface area contributed by atoms with E-state index in [2.05, 4.69) is 0 Å². The zero-order valence-electron chi connectivity index (χ0n) is 16.8. The van der Waals surface area contributed by atoms with Crippen LogP contribution in [0.1, 0.15) is 29.5 Å². The molecule has 7 heteroatoms. The molecule has 0 saturated carbocycles. The summed E-state index contributed by atoms with van der Waals surface area (Å²) < 4.78 is 39.8. The summed E-state index contributed by atoms with van der Waals surface area (Å²) in [5.74, 6) is -0.650. The summed E-state index contributed by atoms with van der Waals surface area (Å²) in [6.07, 6.45) is 1.03. The van der Waals surface area contributed by atoms with Crippen molar-refractivity contribution in [3.05, 3.63) is 71.0 Å². The SMILES string of the molecule is Cc1ccc(CN(C)C(=O)C2CCN(S(=O)(=O)Cc3ccc(F)cc3)CC2)cc1. The quantitative estimate of drug-likeness (QED) is 0.723. The van der Waals surface area contributed by atoms with Gasteiger partial charge in [-0.25, -0.2) is 17.1 Å². The number of sulfonamides is 1. The van der Waals surface area contributed by atoms with E-state index in [9.17, 15) is 17.6 Å². The molecule has 1 amide bonds. The molecule has 1 aliphatic heterocycles. The lowest BCUT2D eigenvalue weighted by atomic mass is 9.96. The van der Waals surface area contributed by atoms with E-state index in [1.165, 1.54) is 34.1 Å². The maximum Gasteiger partial charge on any atom is 0.225 e. The predicted octanol–water partition coefficient (Wildman–Crippen LogP) is 3.33. The first-order chi connectivity index (χ1) is 13.7. The van der Waals surface area contributed by atoms with E-state index in [-0.39, 0.29) is 23.4 Å². The molecule has 29 heavy (non-hydrogen) atoms. The second-order valence-electron chi connectivity index (χ2n) is 7.74. The Bertz CT molecular complexity index is 935. The van der Waals surface area contributed by atoms with Gasteiger partial charge < -0.3 is 4.90 Å². The second-order valence-corrected chi connectivity index (χ2v) is 9.70. The summed E-state index contributed by atoms with van der Waals surface area (Å²) in [6, 6.07) is 13.6. The Morgan fingerprint density at radius 1 is 1.03 bits per heavy atom. The number of amides is 1. The molecule has 2 aromatic carbocycles. The molecule has 0 radical (unpaired) electrons. The lowest BCUT2D eigenvalue weighted by Gasteiger charge is -2.32. The molecule has 1 saturated heterocycles. The molecular weight excluding hydrogens is 391 g/mol. The van der Waals surface area contributed by atoms with Gasteiger partial charge in [-0.1, -0.05) is 42.0 Å². The summed E-state index contributed by atoms with van der Waals surface area (Å²) in [5, 5.41) is 0. The summed E-state index contributed by atoms with van der Waals surface area (Å²) >= 11 is 0. The average molecular weight is 419 g/mol. The van der Waals surface area contributed by atoms with Crippen LogP contribution in [0, 0.1) is 18.7 Å². The fourth-order valence-corrected chi connectivity index (χ4v) is 5.18. The van der Waals surface area contributed by atoms with Gasteiger partial charge in [-0.3, -0.25) is 4.79 Å². The van der Waals surface area contributed by atoms with Gasteiger partial charge in [0.25, 0.3) is 0 Å². The van der Waals surface area contributed by atoms with Gasteiger partial charge in [-0.15, -0.1) is 0 Å². The van der Waals surface area contributed by atoms with Gasteiger partial charge in [0.05, 0.1) is 5.75 Å². The van der Waals surface area contributed by atoms with Gasteiger partial charge in [-0.2, -0.15) is 0 Å². The van der Waals surface area contributed by atoms with Crippen LogP contribution < -0.4 is 0 Å². The van der Waals surface area contributed by atoms with Crippen LogP contribution in [-0.4, -0.2) is 43.7 Å². The number of halogens is 1. The van der Waals surface area contributed by atoms with Crippen LogP contribution in [-0.2, 0) is 27.1 Å². The average Bonchev–Trinajstić information content (AvgIpc) is 2.71. The highest BCUT2D eigenvalue weighted by Crippen LogP contribution is 2.24. The third kappa shape index (κ3) is 5.64. The van der Waals surface area contributed by atoms with Crippen molar-refractivity contribution in [2.24, 2.45) is 5.92 Å². The van der Waals surface area contributed by atoms with Crippen LogP contribution in [0.3, 0.4) is 0 Å². The van der Waals surface area contributed by atoms with Crippen LogP contribution in [0.4, 0.5) is 4.39 Å². The van der Waals surface area contributed by atoms with Crippen molar-refractivity contribution in [3.63, 3.8) is 0 Å². The molecule has 0 aromatic heterocycles. The zero-order chi connectivity index (χ0) is 21.0. The number of benzene rings is 2. The number of hydrogen-bond acceptors (Lipinski definition) is 3. The number of piperidine rings is 1.